The molecule has 0 saturated carbocycles. The van der Waals surface area contributed by atoms with Crippen LogP contribution in [0.4, 0.5) is 0 Å². The molecule has 0 radical (unpaired) electrons. The predicted molar refractivity (Wildman–Crippen MR) is 55.3 cm³/mol. The van der Waals surface area contributed by atoms with E-state index in [2.05, 4.69) is 4.99 Å². The molecule has 1 rings (SSSR count). The molecule has 2 unspecified atom stereocenters. The number of nitrogens with zero attached hydrogens (tertiary/aromatic N) is 1. The molecule has 17 heavy (non-hydrogen) atoms. The van der Waals surface area contributed by atoms with E-state index >= 15 is 0 Å². The number of hydrogen-bond donors (Lipinski definition) is 3. The second kappa shape index (κ2) is 4.74. The molecule has 0 saturated heterocycles. The van der Waals surface area contributed by atoms with Crippen LogP contribution >= 0.6 is 15.2 Å². The van der Waals surface area contributed by atoms with Gasteiger partial charge < -0.3 is 33.8 Å². The van der Waals surface area contributed by atoms with Crippen molar-refractivity contribution in [2.45, 2.75) is 17.9 Å². The molecule has 1 aliphatic rings. The normalized spacial score (nSPS) is 26.5. The van der Waals surface area contributed by atoms with Gasteiger partial charge in [-0.25, -0.2) is 0 Å². The third-order valence-corrected chi connectivity index (χ3v) is 5.95. The Labute approximate surface area is 97.0 Å². The van der Waals surface area contributed by atoms with E-state index in [0.29, 0.717) is 6.42 Å². The summed E-state index contributed by atoms with van der Waals surface area (Å²) in [6.45, 7) is 0.00229. The lowest BCUT2D eigenvalue weighted by molar-refractivity contribution is -0.226. The van der Waals surface area contributed by atoms with Crippen LogP contribution in [0.5, 0.6) is 0 Å². The lowest BCUT2D eigenvalue weighted by Crippen LogP contribution is -2.38. The number of aliphatic hydroxyl groups is 1. The first kappa shape index (κ1) is 14.7. The molecule has 0 aromatic heterocycles. The minimum atomic E-state index is -5.69. The van der Waals surface area contributed by atoms with E-state index in [-0.39, 0.29) is 12.1 Å². The second-order valence-corrected chi connectivity index (χ2v) is 7.53. The average Bonchev–Trinajstić information content (AvgIpc) is 2.15. The lowest BCUT2D eigenvalue weighted by Gasteiger charge is -2.42. The molecule has 0 amide bonds. The highest BCUT2D eigenvalue weighted by Crippen LogP contribution is 2.65. The summed E-state index contributed by atoms with van der Waals surface area (Å²) >= 11 is 0. The molecule has 10 heteroatoms. The molecule has 0 aromatic rings. The first-order valence-corrected chi connectivity index (χ1v) is 7.70. The van der Waals surface area contributed by atoms with Crippen LogP contribution in [0.3, 0.4) is 0 Å². The van der Waals surface area contributed by atoms with E-state index in [9.17, 15) is 24.0 Å². The Morgan fingerprint density at radius 1 is 1.35 bits per heavy atom. The maximum Gasteiger partial charge on any atom is 0.195 e. The van der Waals surface area contributed by atoms with E-state index in [1.54, 1.807) is 0 Å². The standard InChI is InChI=1S/C7H13NO7P2/c9-7(16(10,11)12,17(13,14)15)4-6-2-1-3-8-5-6/h2-3,9H,1,4-5H2,(H2,10,11,12)(H2,13,14,15)/p-2. The fraction of sp³-hybridized carbons (Fsp3) is 0.571. The highest BCUT2D eigenvalue weighted by atomic mass is 31.2. The Morgan fingerprint density at radius 3 is 2.24 bits per heavy atom. The topological polar surface area (TPSA) is 153 Å². The van der Waals surface area contributed by atoms with Crippen LogP contribution in [0.1, 0.15) is 12.8 Å². The summed E-state index contributed by atoms with van der Waals surface area (Å²) in [6, 6.07) is 0. The highest BCUT2D eigenvalue weighted by molar-refractivity contribution is 7.70. The molecule has 8 nitrogen and oxygen atoms in total. The summed E-state index contributed by atoms with van der Waals surface area (Å²) in [5.74, 6) is 0. The van der Waals surface area contributed by atoms with E-state index in [0.717, 1.165) is 0 Å². The van der Waals surface area contributed by atoms with Gasteiger partial charge in [-0.3, -0.25) is 4.99 Å². The largest absolute Gasteiger partial charge is 0.776 e. The van der Waals surface area contributed by atoms with Crippen molar-refractivity contribution in [3.05, 3.63) is 11.6 Å². The minimum Gasteiger partial charge on any atom is -0.776 e. The number of rotatable bonds is 4. The van der Waals surface area contributed by atoms with Gasteiger partial charge in [0.15, 0.2) is 20.3 Å². The van der Waals surface area contributed by atoms with E-state index in [4.69, 9.17) is 9.79 Å². The summed E-state index contributed by atoms with van der Waals surface area (Å²) in [4.78, 5) is 43.1. The van der Waals surface area contributed by atoms with Gasteiger partial charge in [0, 0.05) is 19.1 Å². The van der Waals surface area contributed by atoms with Crippen LogP contribution in [-0.2, 0) is 9.13 Å². The maximum atomic E-state index is 10.9. The van der Waals surface area contributed by atoms with Gasteiger partial charge in [0.25, 0.3) is 0 Å². The Kier molecular flexibility index (Phi) is 4.11. The highest BCUT2D eigenvalue weighted by Gasteiger charge is 2.47. The molecule has 98 valence electrons. The van der Waals surface area contributed by atoms with Crippen LogP contribution in [0.2, 0.25) is 0 Å². The number of aliphatic imine (C=N–C) groups is 1. The summed E-state index contributed by atoms with van der Waals surface area (Å²) < 4.78 is 21.8. The van der Waals surface area contributed by atoms with Gasteiger partial charge in [-0.15, -0.1) is 0 Å². The monoisotopic (exact) mass is 283 g/mol. The molecule has 2 atom stereocenters. The maximum absolute atomic E-state index is 10.9. The third-order valence-electron chi connectivity index (χ3n) is 2.30. The molecule has 3 N–H and O–H groups in total. The van der Waals surface area contributed by atoms with E-state index < -0.39 is 26.7 Å². The van der Waals surface area contributed by atoms with Crippen molar-refractivity contribution in [3.63, 3.8) is 0 Å². The van der Waals surface area contributed by atoms with Crippen molar-refractivity contribution in [3.8, 4) is 0 Å². The summed E-state index contributed by atoms with van der Waals surface area (Å²) in [5.41, 5.74) is 0.199. The Balaban J connectivity index is 3.06. The Morgan fingerprint density at radius 2 is 1.88 bits per heavy atom. The lowest BCUT2D eigenvalue weighted by atomic mass is 10.1. The van der Waals surface area contributed by atoms with Gasteiger partial charge in [-0.05, 0) is 5.57 Å². The van der Waals surface area contributed by atoms with Crippen LogP contribution in [0.15, 0.2) is 16.6 Å². The van der Waals surface area contributed by atoms with Crippen LogP contribution < -0.4 is 9.79 Å². The summed E-state index contributed by atoms with van der Waals surface area (Å²) in [5, 5.41) is 5.89. The van der Waals surface area contributed by atoms with Gasteiger partial charge in [-0.2, -0.15) is 0 Å². The fourth-order valence-corrected chi connectivity index (χ4v) is 3.42. The molecule has 0 aromatic carbocycles. The van der Waals surface area contributed by atoms with Crippen LogP contribution in [0.25, 0.3) is 0 Å². The van der Waals surface area contributed by atoms with Crippen molar-refractivity contribution in [1.82, 2.24) is 0 Å². The minimum absolute atomic E-state index is 0.00229. The number of hydrogen-bond acceptors (Lipinski definition) is 6. The smallest absolute Gasteiger partial charge is 0.195 e. The van der Waals surface area contributed by atoms with Gasteiger partial charge in [-0.1, -0.05) is 6.08 Å². The van der Waals surface area contributed by atoms with E-state index in [1.807, 2.05) is 0 Å². The van der Waals surface area contributed by atoms with Crippen molar-refractivity contribution in [2.24, 2.45) is 4.99 Å². The summed E-state index contributed by atoms with van der Waals surface area (Å²) in [6.07, 6.45) is 2.41. The van der Waals surface area contributed by atoms with Gasteiger partial charge in [0.1, 0.15) is 0 Å². The Bertz CT molecular complexity index is 423. The fourth-order valence-electron chi connectivity index (χ4n) is 1.33. The molecule has 1 heterocycles. The molecule has 0 aliphatic carbocycles. The van der Waals surface area contributed by atoms with Crippen molar-refractivity contribution < 1.29 is 33.8 Å². The SMILES string of the molecule is O=P([O-])(O)C(O)(CC1=CCC=NC1)P(=O)([O-])O. The van der Waals surface area contributed by atoms with Crippen molar-refractivity contribution >= 4 is 21.4 Å². The van der Waals surface area contributed by atoms with Gasteiger partial charge in [0.2, 0.25) is 0 Å². The summed E-state index contributed by atoms with van der Waals surface area (Å²) in [7, 11) is -11.4. The van der Waals surface area contributed by atoms with E-state index in [1.165, 1.54) is 12.3 Å². The van der Waals surface area contributed by atoms with Crippen molar-refractivity contribution in [2.75, 3.05) is 6.54 Å². The first-order chi connectivity index (χ1) is 7.58. The molecular formula is C7H11NO7P2-2. The molecule has 0 fully saturated rings. The quantitative estimate of drug-likeness (QED) is 0.419. The second-order valence-electron chi connectivity index (χ2n) is 3.61. The Hall–Kier alpha value is -0.330. The predicted octanol–water partition coefficient (Wildman–Crippen LogP) is -1.49. The number of dihydropyridines is 1. The van der Waals surface area contributed by atoms with Gasteiger partial charge in [0.05, 0.1) is 6.54 Å². The molecule has 0 bridgehead atoms. The van der Waals surface area contributed by atoms with Crippen molar-refractivity contribution in [1.29, 1.82) is 0 Å². The molecule has 0 spiro atoms. The number of allylic oxidation sites excluding steroid dienone is 1. The average molecular weight is 283 g/mol. The van der Waals surface area contributed by atoms with Gasteiger partial charge >= 0.3 is 0 Å². The van der Waals surface area contributed by atoms with Crippen LogP contribution in [0, 0.1) is 0 Å². The third kappa shape index (κ3) is 3.11. The first-order valence-electron chi connectivity index (χ1n) is 4.54. The zero-order valence-corrected chi connectivity index (χ0v) is 10.4. The molecule has 1 aliphatic heterocycles. The molecular weight excluding hydrogens is 272 g/mol. The van der Waals surface area contributed by atoms with Crippen LogP contribution in [-0.4, -0.2) is 32.7 Å². The zero-order chi connectivity index (χ0) is 13.3. The zero-order valence-electron chi connectivity index (χ0n) is 8.59.